The first-order valence-corrected chi connectivity index (χ1v) is 28.7. The molecule has 0 saturated carbocycles. The molecule has 0 atom stereocenters. The van der Waals surface area contributed by atoms with E-state index >= 15 is 0 Å². The van der Waals surface area contributed by atoms with Crippen molar-refractivity contribution in [3.8, 4) is 0 Å². The second kappa shape index (κ2) is 21.1. The van der Waals surface area contributed by atoms with Gasteiger partial charge in [0.15, 0.2) is 0 Å². The molecule has 77 heavy (non-hydrogen) atoms. The zero-order valence-electron chi connectivity index (χ0n) is 44.6. The van der Waals surface area contributed by atoms with E-state index in [4.69, 9.17) is 0 Å². The fourth-order valence-electron chi connectivity index (χ4n) is 9.92. The maximum atomic E-state index is 4.64. The van der Waals surface area contributed by atoms with Crippen LogP contribution in [0.1, 0.15) is 65.6 Å². The number of aromatic nitrogens is 10. The fourth-order valence-corrected chi connectivity index (χ4v) is 13.5. The SMILES string of the molecule is Cc1c2c(c(C)c3nsnc13)N=S=N2.Cc1c2cc3ccccc3cc2c(C)c2cc3ccccc3cc12.Cc1ccc(C)c2nsnc12.Cc1nc2c(C)c3nsnc3c(C)c2nc1C.Cc1sc(C)c2nccnc12. The number of thiophene rings is 1. The van der Waals surface area contributed by atoms with Crippen molar-refractivity contribution in [3.63, 3.8) is 0 Å². The van der Waals surface area contributed by atoms with Crippen LogP contribution in [0.15, 0.2) is 106 Å². The van der Waals surface area contributed by atoms with E-state index in [2.05, 4.69) is 181 Å². The van der Waals surface area contributed by atoms with E-state index in [1.807, 2.05) is 41.5 Å². The molecule has 0 saturated heterocycles. The molecule has 12 nitrogen and oxygen atoms in total. The van der Waals surface area contributed by atoms with Crippen LogP contribution in [0.2, 0.25) is 0 Å². The molecule has 0 N–H and O–H groups in total. The molecular formula is C60H52N12S5. The zero-order chi connectivity index (χ0) is 53.8. The van der Waals surface area contributed by atoms with Gasteiger partial charge in [-0.1, -0.05) is 60.7 Å². The highest BCUT2D eigenvalue weighted by Crippen LogP contribution is 2.43. The second-order valence-electron chi connectivity index (χ2n) is 19.3. The molecule has 15 rings (SSSR count). The monoisotopic (exact) mass is 1100 g/mol. The van der Waals surface area contributed by atoms with Gasteiger partial charge in [-0.3, -0.25) is 9.97 Å². The quantitative estimate of drug-likeness (QED) is 0.134. The second-order valence-corrected chi connectivity index (χ2v) is 22.9. The van der Waals surface area contributed by atoms with Crippen LogP contribution in [0.3, 0.4) is 0 Å². The van der Waals surface area contributed by atoms with E-state index in [0.717, 1.165) is 100 Å². The molecular weight excluding hydrogens is 1050 g/mol. The molecule has 0 amide bonds. The summed E-state index contributed by atoms with van der Waals surface area (Å²) < 4.78 is 34.2. The maximum absolute atomic E-state index is 4.64. The molecule has 382 valence electrons. The summed E-state index contributed by atoms with van der Waals surface area (Å²) in [6, 6.07) is 30.8. The van der Waals surface area contributed by atoms with E-state index in [0.29, 0.717) is 0 Å². The zero-order valence-corrected chi connectivity index (χ0v) is 48.7. The summed E-state index contributed by atoms with van der Waals surface area (Å²) in [5, 5.41) is 10.7. The third-order valence-corrected chi connectivity index (χ3v) is 17.6. The Kier molecular flexibility index (Phi) is 14.1. The van der Waals surface area contributed by atoms with Crippen molar-refractivity contribution in [3.05, 3.63) is 163 Å². The summed E-state index contributed by atoms with van der Waals surface area (Å²) in [5.74, 6) is 0. The summed E-state index contributed by atoms with van der Waals surface area (Å²) >= 11 is 6.77. The van der Waals surface area contributed by atoms with Gasteiger partial charge in [0.1, 0.15) is 55.5 Å². The van der Waals surface area contributed by atoms with Crippen molar-refractivity contribution in [2.24, 2.45) is 8.73 Å². The van der Waals surface area contributed by atoms with Crippen molar-refractivity contribution >= 4 is 168 Å². The number of aryl methyl sites for hydroxylation is 12. The van der Waals surface area contributed by atoms with Crippen molar-refractivity contribution in [1.82, 2.24) is 46.2 Å². The van der Waals surface area contributed by atoms with Crippen LogP contribution in [0, 0.1) is 83.1 Å². The van der Waals surface area contributed by atoms with Gasteiger partial charge in [-0.2, -0.15) is 35.0 Å². The summed E-state index contributed by atoms with van der Waals surface area (Å²) in [6.45, 7) is 24.9. The van der Waals surface area contributed by atoms with Gasteiger partial charge in [-0.25, -0.2) is 9.97 Å². The molecule has 6 aromatic heterocycles. The lowest BCUT2D eigenvalue weighted by Crippen LogP contribution is -1.98. The summed E-state index contributed by atoms with van der Waals surface area (Å²) in [4.78, 5) is 20.3. The molecule has 8 aromatic carbocycles. The lowest BCUT2D eigenvalue weighted by molar-refractivity contribution is 1.09. The number of benzene rings is 8. The third-order valence-electron chi connectivity index (χ3n) is 14.5. The molecule has 0 spiro atoms. The predicted octanol–water partition coefficient (Wildman–Crippen LogP) is 17.4. The van der Waals surface area contributed by atoms with E-state index in [1.54, 1.807) is 23.7 Å². The topological polar surface area (TPSA) is 154 Å². The maximum Gasteiger partial charge on any atom is 0.110 e. The van der Waals surface area contributed by atoms with E-state index in [-0.39, 0.29) is 0 Å². The minimum Gasteiger partial charge on any atom is -0.252 e. The number of fused-ring (bicyclic) bond motifs is 10. The van der Waals surface area contributed by atoms with Crippen LogP contribution in [0.4, 0.5) is 11.4 Å². The predicted molar refractivity (Wildman–Crippen MR) is 328 cm³/mol. The first-order valence-electron chi connectivity index (χ1n) is 25.0. The van der Waals surface area contributed by atoms with Crippen LogP contribution in [-0.2, 0) is 11.4 Å². The summed E-state index contributed by atoms with van der Waals surface area (Å²) in [6.07, 6.45) is 3.48. The van der Waals surface area contributed by atoms with Crippen LogP contribution in [0.5, 0.6) is 0 Å². The van der Waals surface area contributed by atoms with E-state index in [1.165, 1.54) is 122 Å². The number of hydrogen-bond donors (Lipinski definition) is 0. The minimum atomic E-state index is 0.950. The Bertz CT molecular complexity index is 4360. The number of hydrogen-bond acceptors (Lipinski definition) is 16. The van der Waals surface area contributed by atoms with Crippen LogP contribution in [-0.4, -0.2) is 46.2 Å². The summed E-state index contributed by atoms with van der Waals surface area (Å²) in [7, 11) is 0. The van der Waals surface area contributed by atoms with Crippen molar-refractivity contribution in [1.29, 1.82) is 0 Å². The lowest BCUT2D eigenvalue weighted by atomic mass is 9.90. The van der Waals surface area contributed by atoms with Gasteiger partial charge in [-0.05, 0) is 173 Å². The van der Waals surface area contributed by atoms with Gasteiger partial charge in [0.2, 0.25) is 0 Å². The average Bonchev–Trinajstić information content (AvgIpc) is 4.36. The molecule has 7 heterocycles. The normalized spacial score (nSPS) is 11.7. The molecule has 0 bridgehead atoms. The molecule has 1 aliphatic rings. The Morgan fingerprint density at radius 2 is 0.649 bits per heavy atom. The Labute approximate surface area is 465 Å². The van der Waals surface area contributed by atoms with Crippen LogP contribution < -0.4 is 0 Å². The van der Waals surface area contributed by atoms with Gasteiger partial charge in [0.05, 0.1) is 69.0 Å². The largest absolute Gasteiger partial charge is 0.252 e. The molecule has 0 radical (unpaired) electrons. The molecule has 14 aromatic rings. The van der Waals surface area contributed by atoms with Gasteiger partial charge in [0, 0.05) is 44.4 Å². The van der Waals surface area contributed by atoms with Crippen molar-refractivity contribution in [2.75, 3.05) is 0 Å². The fraction of sp³-hybridized carbons (Fsp3) is 0.200. The molecule has 1 aliphatic heterocycles. The summed E-state index contributed by atoms with van der Waals surface area (Å²) in [5.41, 5.74) is 23.3. The first-order chi connectivity index (χ1) is 37.2. The number of nitrogens with zero attached hydrogens (tertiary/aromatic N) is 12. The molecule has 17 heteroatoms. The Morgan fingerprint density at radius 1 is 0.325 bits per heavy atom. The Hall–Kier alpha value is -7.54. The number of rotatable bonds is 0. The minimum absolute atomic E-state index is 0.950. The van der Waals surface area contributed by atoms with Crippen LogP contribution >= 0.6 is 46.5 Å². The van der Waals surface area contributed by atoms with E-state index in [9.17, 15) is 0 Å². The highest BCUT2D eigenvalue weighted by molar-refractivity contribution is 7.58. The lowest BCUT2D eigenvalue weighted by Gasteiger charge is -2.14. The Balaban J connectivity index is 0.000000106. The first kappa shape index (κ1) is 51.6. The highest BCUT2D eigenvalue weighted by atomic mass is 32.1. The van der Waals surface area contributed by atoms with Crippen LogP contribution in [0.25, 0.3) is 98.3 Å². The van der Waals surface area contributed by atoms with Gasteiger partial charge < -0.3 is 0 Å². The highest BCUT2D eigenvalue weighted by Gasteiger charge is 2.19. The standard InChI is InChI=1S/C24H18.C12H12N4S.C8H6N4S2.2C8H8N2S/c1-15-21-11-17-7-3-5-9-19(17)13-23(21)16(2)24-14-20-10-6-4-8-18(20)12-22(15)24;1-5-9-10(14-8(4)7(3)13-9)6(2)12-11(5)15-17-16-12;1-3-5-7(11-13-9-5)4(2)8-6(3)10-14-12-8;1-5-7-8(6(2)11-5)10-4-3-9-7;1-5-3-4-6(2)8-7(5)9-11-10-8/h3-14H,1-2H3;1-4H3;1-2H3;2*3-4H,1-2H3. The molecule has 0 unspecified atom stereocenters. The van der Waals surface area contributed by atoms with Gasteiger partial charge in [-0.15, -0.1) is 11.3 Å². The van der Waals surface area contributed by atoms with E-state index < -0.39 is 0 Å². The average molecular weight is 1100 g/mol. The van der Waals surface area contributed by atoms with Crippen molar-refractivity contribution < 1.29 is 0 Å². The van der Waals surface area contributed by atoms with Gasteiger partial charge in [0.25, 0.3) is 0 Å². The third kappa shape index (κ3) is 9.49. The molecule has 0 fully saturated rings. The Morgan fingerprint density at radius 3 is 1.00 bits per heavy atom. The van der Waals surface area contributed by atoms with Gasteiger partial charge >= 0.3 is 0 Å². The molecule has 0 aliphatic carbocycles. The smallest absolute Gasteiger partial charge is 0.110 e. The van der Waals surface area contributed by atoms with Crippen molar-refractivity contribution in [2.45, 2.75) is 83.1 Å².